The molecule has 1 amide bonds. The number of rotatable bonds is 64. The standard InChI is InChI=1S/C32H55N5O13S.C11H19N5O15S2.2C4H8N2O6.C4H5NO5S.C4H7NO3.C3H5FN2O6/c1-20(19-51-50-49-45)18-37(4,5)14-6-13-33-29(38)10-7-21(2)24-8-9-25-30(24)28(48-36(43)44)17-26-31(25)27(47-35(41)42)16-22-15-23(46-34(39)40)11-12-32(22,26)3;1-2-10(3-27-12(17)18,4-28-13(19)20)8-32-33-9-11(5-29-14(21)22,6-30-15(23)24)7-31-16(25)26;2*1-2-4(12-6(9)10)3-11-5(7)8;6-5(7)10-4-1-2-11(8,9)3-4;1-3-4(2)8-5(6)7;4-1-3(12-6(9)10)2-11-5(7)8/h20-28,30-31H,6-19H2,1-5H3,(H-,33,38,45);2-9H2,1H3;2*4H,2-3H2,1H3;1-2,4H,3H2;2-3H2,1H3;3H,1-2H2/t20?,21-,22+,23-,24-,25-,26+,27-,28+,30?,31+,32+;;;;;;/m1....../s1. The van der Waals surface area contributed by atoms with Crippen molar-refractivity contribution in [3.8, 4) is 0 Å². The van der Waals surface area contributed by atoms with E-state index in [0.29, 0.717) is 69.6 Å². The van der Waals surface area contributed by atoms with Crippen LogP contribution >= 0.6 is 33.6 Å². The summed E-state index contributed by atoms with van der Waals surface area (Å²) in [7, 11) is 2.82. The summed E-state index contributed by atoms with van der Waals surface area (Å²) in [5.74, 6) is -0.370. The molecule has 4 saturated carbocycles. The topological polar surface area (TPSA) is 943 Å². The van der Waals surface area contributed by atoms with Gasteiger partial charge in [0.05, 0.1) is 44.1 Å². The second-order valence-electron chi connectivity index (χ2n) is 31.4. The zero-order valence-electron chi connectivity index (χ0n) is 75.4. The van der Waals surface area contributed by atoms with Crippen molar-refractivity contribution in [1.82, 2.24) is 5.32 Å². The van der Waals surface area contributed by atoms with E-state index >= 15 is 0 Å². The van der Waals surface area contributed by atoms with Crippen LogP contribution in [0.2, 0.25) is 0 Å². The monoisotopic (exact) mass is 2110 g/mol. The van der Waals surface area contributed by atoms with Gasteiger partial charge in [0.2, 0.25) is 5.91 Å². The van der Waals surface area contributed by atoms with E-state index in [1.54, 1.807) is 27.7 Å². The second kappa shape index (κ2) is 66.4. The van der Waals surface area contributed by atoms with E-state index in [-0.39, 0.29) is 95.0 Å². The van der Waals surface area contributed by atoms with Gasteiger partial charge in [-0.1, -0.05) is 76.6 Å². The lowest BCUT2D eigenvalue weighted by Crippen LogP contribution is -2.60. The van der Waals surface area contributed by atoms with Crippen molar-refractivity contribution in [1.29, 1.82) is 0 Å². The first-order valence-corrected chi connectivity index (χ1v) is 45.6. The summed E-state index contributed by atoms with van der Waals surface area (Å²) in [6.45, 7) is 11.7. The Labute approximate surface area is 793 Å². The number of amides is 1. The number of carbonyl (C=O) groups is 1. The first-order chi connectivity index (χ1) is 64.7. The van der Waals surface area contributed by atoms with E-state index in [9.17, 15) is 185 Å². The van der Waals surface area contributed by atoms with Crippen LogP contribution in [0.1, 0.15) is 138 Å². The molecule has 72 nitrogen and oxygen atoms in total. The number of fused-ring (bicyclic) bond motifs is 5. The molecule has 16 atom stereocenters. The summed E-state index contributed by atoms with van der Waals surface area (Å²) in [5, 5.41) is 166. The predicted octanol–water partition coefficient (Wildman–Crippen LogP) is 5.23. The fraction of sp³-hybridized carbons (Fsp3) is 0.919. The first kappa shape index (κ1) is 128. The van der Waals surface area contributed by atoms with E-state index < -0.39 is 204 Å². The number of alkyl halides is 1. The SMILES string of the molecule is C=C(CC)O[N+](=O)[O-].CC(CSOO[O-])C[N+](C)(C)CCCNC(=O)CC[C@@H](C)[C@H]1CC[C@@H]2C1[C@@H](O[N+](=O)[O-])C[C@H]1[C@H]2[C@H](O[N+](=O)[O-])C[C@@H]2C[C@H](O[N+](=O)[O-])CC[C@@]21C.CCC(CO[N+](=O)[O-])(CO[N+](=O)[O-])CSSCC(CO[N+](=O)[O-])(CO[N+](=O)[O-])CO[N+](=O)[O-].CCC(CO[N+](=O)[O-])O[N+](=O)[O-].CCC(CO[N+](=O)[O-])O[N+](=O)[O-].O=[N+]([O-])OC1C=CS(=O)(=O)C1.O=[N+]([O-])OCC(CF)O[N+](=O)[O-]. The van der Waals surface area contributed by atoms with Crippen LogP contribution in [0.3, 0.4) is 0 Å². The van der Waals surface area contributed by atoms with Crippen molar-refractivity contribution in [2.24, 2.45) is 63.6 Å². The molecule has 77 heteroatoms. The van der Waals surface area contributed by atoms with Crippen molar-refractivity contribution < 1.29 is 196 Å². The zero-order chi connectivity index (χ0) is 107. The van der Waals surface area contributed by atoms with Crippen LogP contribution in [-0.2, 0) is 101 Å². The Hall–Kier alpha value is -13.1. The number of allylic oxidation sites excluding steroid dienone is 1. The van der Waals surface area contributed by atoms with Gasteiger partial charge >= 0.3 is 0 Å². The number of halogens is 1. The lowest BCUT2D eigenvalue weighted by atomic mass is 9.45. The molecule has 4 aliphatic carbocycles. The zero-order valence-corrected chi connectivity index (χ0v) is 78.7. The van der Waals surface area contributed by atoms with Crippen LogP contribution in [0.15, 0.2) is 23.8 Å². The van der Waals surface area contributed by atoms with Crippen molar-refractivity contribution in [2.75, 3.05) is 116 Å². The third-order valence-electron chi connectivity index (χ3n) is 21.3. The molecule has 5 aliphatic rings. The van der Waals surface area contributed by atoms with Crippen LogP contribution in [0.5, 0.6) is 0 Å². The van der Waals surface area contributed by atoms with E-state index in [2.05, 4.69) is 119 Å². The highest BCUT2D eigenvalue weighted by Crippen LogP contribution is 2.66. The Balaban J connectivity index is 0. The van der Waals surface area contributed by atoms with Gasteiger partial charge in [-0.15, -0.1) is 162 Å². The Morgan fingerprint density at radius 1 is 0.554 bits per heavy atom. The van der Waals surface area contributed by atoms with Crippen LogP contribution in [-0.4, -0.2) is 259 Å². The van der Waals surface area contributed by atoms with E-state index in [4.69, 9.17) is 14.5 Å². The molecule has 1 heterocycles. The number of nitrogens with zero attached hydrogens (tertiary/aromatic N) is 17. The summed E-state index contributed by atoms with van der Waals surface area (Å²) in [6, 6.07) is 0. The maximum Gasteiger partial charge on any atom is 0.299 e. The van der Waals surface area contributed by atoms with Crippen molar-refractivity contribution in [3.63, 3.8) is 0 Å². The number of carbonyl (C=O) groups excluding carboxylic acids is 1. The summed E-state index contributed by atoms with van der Waals surface area (Å²) in [4.78, 5) is 246. The molecular formula is C62H107FN18O54S4. The molecule has 5 rings (SSSR count). The lowest BCUT2D eigenvalue weighted by molar-refractivity contribution is -0.893. The van der Waals surface area contributed by atoms with E-state index in [1.165, 1.54) is 0 Å². The molecule has 0 aromatic heterocycles. The Bertz CT molecular complexity index is 3930. The number of hydrogen-bond acceptors (Lipinski definition) is 57. The molecule has 139 heavy (non-hydrogen) atoms. The fourth-order valence-electron chi connectivity index (χ4n) is 14.9. The molecule has 0 aromatic rings. The molecule has 0 spiro atoms. The molecule has 0 bridgehead atoms. The Morgan fingerprint density at radius 2 is 0.986 bits per heavy atom. The van der Waals surface area contributed by atoms with E-state index in [0.717, 1.165) is 81.9 Å². The Kier molecular flexibility index (Phi) is 61.2. The van der Waals surface area contributed by atoms with Gasteiger partial charge in [0.15, 0.2) is 15.9 Å². The molecule has 0 aromatic carbocycles. The Morgan fingerprint density at radius 3 is 1.37 bits per heavy atom. The maximum atomic E-state index is 12.9. The number of hydrogen-bond donors (Lipinski definition) is 1. The minimum atomic E-state index is -3.25. The minimum absolute atomic E-state index is 0.0311. The largest absolute Gasteiger partial charge is 0.691 e. The molecule has 1 N–H and O–H groups in total. The van der Waals surface area contributed by atoms with Crippen LogP contribution < -0.4 is 10.6 Å². The molecular weight excluding hydrogens is 2010 g/mol. The number of nitrogens with one attached hydrogen (secondary N) is 1. The van der Waals surface area contributed by atoms with Gasteiger partial charge in [0, 0.05) is 65.4 Å². The molecule has 0 saturated heterocycles. The number of quaternary nitrogens is 1. The molecule has 4 fully saturated rings. The summed E-state index contributed by atoms with van der Waals surface area (Å²) in [5.41, 5.74) is -3.29. The van der Waals surface area contributed by atoms with Crippen molar-refractivity contribution in [3.05, 3.63) is 186 Å². The average molecular weight is 2120 g/mol. The van der Waals surface area contributed by atoms with Gasteiger partial charge in [-0.05, 0) is 130 Å². The van der Waals surface area contributed by atoms with Gasteiger partial charge in [-0.2, -0.15) is 4.33 Å². The van der Waals surface area contributed by atoms with Gasteiger partial charge in [-0.3, -0.25) is 14.7 Å². The van der Waals surface area contributed by atoms with Crippen LogP contribution in [0, 0.1) is 225 Å². The molecule has 1 aliphatic heterocycles. The highest BCUT2D eigenvalue weighted by molar-refractivity contribution is 8.76. The summed E-state index contributed by atoms with van der Waals surface area (Å²) in [6.07, 6.45) is 1.33. The predicted molar refractivity (Wildman–Crippen MR) is 447 cm³/mol. The third-order valence-corrected chi connectivity index (χ3v) is 26.3. The average Bonchev–Trinajstić information content (AvgIpc) is 1.67. The van der Waals surface area contributed by atoms with Crippen molar-refractivity contribution in [2.45, 2.75) is 181 Å². The van der Waals surface area contributed by atoms with Crippen molar-refractivity contribution >= 4 is 49.4 Å². The minimum Gasteiger partial charge on any atom is -0.691 e. The highest BCUT2D eigenvalue weighted by atomic mass is 33.1. The fourth-order valence-corrected chi connectivity index (χ4v) is 19.8. The van der Waals surface area contributed by atoms with Gasteiger partial charge in [0.1, 0.15) is 96.2 Å². The van der Waals surface area contributed by atoms with Gasteiger partial charge in [0.25, 0.3) is 81.4 Å². The highest BCUT2D eigenvalue weighted by Gasteiger charge is 2.64. The van der Waals surface area contributed by atoms with Crippen LogP contribution in [0.25, 0.3) is 0 Å². The van der Waals surface area contributed by atoms with Gasteiger partial charge in [-0.25, -0.2) is 12.8 Å². The summed E-state index contributed by atoms with van der Waals surface area (Å²) < 4.78 is 38.1. The van der Waals surface area contributed by atoms with E-state index in [1.807, 2.05) is 0 Å². The smallest absolute Gasteiger partial charge is 0.299 e. The molecule has 800 valence electrons. The normalized spacial score (nSPS) is 20.8. The lowest BCUT2D eigenvalue weighted by Gasteiger charge is -2.61. The van der Waals surface area contributed by atoms with Crippen LogP contribution in [0.4, 0.5) is 4.39 Å². The molecule has 0 radical (unpaired) electrons. The second-order valence-corrected chi connectivity index (χ2v) is 36.5. The number of sulfone groups is 1. The quantitative estimate of drug-likeness (QED) is 0.0119. The molecule has 6 unspecified atom stereocenters. The third kappa shape index (κ3) is 57.7. The summed E-state index contributed by atoms with van der Waals surface area (Å²) >= 11 is 0.982. The van der Waals surface area contributed by atoms with Gasteiger partial charge < -0.3 is 87.6 Å². The maximum absolute atomic E-state index is 12.9. The first-order valence-electron chi connectivity index (χ1n) is 40.5.